The number of fused-ring (bicyclic) bond motifs is 2. The summed E-state index contributed by atoms with van der Waals surface area (Å²) in [6, 6.07) is 5.94. The molecule has 0 radical (unpaired) electrons. The van der Waals surface area contributed by atoms with Gasteiger partial charge in [-0.05, 0) is 18.6 Å². The number of methoxy groups -OCH3 is 1. The van der Waals surface area contributed by atoms with Gasteiger partial charge in [-0.1, -0.05) is 12.1 Å². The molecule has 2 heterocycles. The summed E-state index contributed by atoms with van der Waals surface area (Å²) in [7, 11) is -5.42. The van der Waals surface area contributed by atoms with E-state index in [0.29, 0.717) is 6.42 Å². The maximum Gasteiger partial charge on any atom is 0.247 e. The van der Waals surface area contributed by atoms with Gasteiger partial charge < -0.3 is 4.74 Å². The van der Waals surface area contributed by atoms with Crippen LogP contribution in [0, 0.1) is 0 Å². The molecule has 20 heavy (non-hydrogen) atoms. The van der Waals surface area contributed by atoms with Gasteiger partial charge in [-0.3, -0.25) is 0 Å². The smallest absolute Gasteiger partial charge is 0.247 e. The predicted octanol–water partition coefficient (Wildman–Crippen LogP) is 0.255. The average molecular weight is 317 g/mol. The summed E-state index contributed by atoms with van der Waals surface area (Å²) in [5.74, 6) is 0.199. The lowest BCUT2D eigenvalue weighted by molar-refractivity contribution is 0.384. The van der Waals surface area contributed by atoms with E-state index in [2.05, 4.69) is 0 Å². The first-order chi connectivity index (χ1) is 9.36. The molecule has 0 aliphatic carbocycles. The molecule has 0 aromatic heterocycles. The lowest BCUT2D eigenvalue weighted by Crippen LogP contribution is -2.44. The third-order valence-corrected chi connectivity index (χ3v) is 8.08. The molecule has 110 valence electrons. The molecule has 2 aliphatic heterocycles. The third kappa shape index (κ3) is 1.94. The molecule has 0 spiro atoms. The Morgan fingerprint density at radius 3 is 2.55 bits per heavy atom. The number of sulfone groups is 1. The summed E-state index contributed by atoms with van der Waals surface area (Å²) in [5, 5.41) is -0.558. The molecule has 0 N–H and O–H groups in total. The maximum atomic E-state index is 12.7. The van der Waals surface area contributed by atoms with Crippen LogP contribution in [0.25, 0.3) is 0 Å². The number of para-hydroxylation sites is 1. The molecule has 2 saturated heterocycles. The van der Waals surface area contributed by atoms with Crippen LogP contribution in [0.3, 0.4) is 0 Å². The highest BCUT2D eigenvalue weighted by Crippen LogP contribution is 2.38. The Morgan fingerprint density at radius 1 is 1.30 bits per heavy atom. The van der Waals surface area contributed by atoms with E-state index in [1.807, 2.05) is 0 Å². The highest BCUT2D eigenvalue weighted by atomic mass is 32.2. The number of hydrogen-bond donors (Lipinski definition) is 0. The summed E-state index contributed by atoms with van der Waals surface area (Å²) in [4.78, 5) is 0.0902. The molecule has 8 heteroatoms. The van der Waals surface area contributed by atoms with Crippen molar-refractivity contribution in [2.75, 3.05) is 19.4 Å². The van der Waals surface area contributed by atoms with Gasteiger partial charge in [0.15, 0.2) is 9.84 Å². The Labute approximate surface area is 118 Å². The van der Waals surface area contributed by atoms with Crippen LogP contribution >= 0.6 is 0 Å². The van der Waals surface area contributed by atoms with E-state index >= 15 is 0 Å². The number of benzene rings is 1. The lowest BCUT2D eigenvalue weighted by atomic mass is 10.3. The fourth-order valence-electron chi connectivity index (χ4n) is 2.91. The highest BCUT2D eigenvalue weighted by Gasteiger charge is 2.52. The van der Waals surface area contributed by atoms with Crippen LogP contribution in [0.5, 0.6) is 5.75 Å². The number of ether oxygens (including phenoxy) is 1. The molecule has 0 amide bonds. The van der Waals surface area contributed by atoms with Crippen molar-refractivity contribution in [3.05, 3.63) is 24.3 Å². The van der Waals surface area contributed by atoms with Gasteiger partial charge in [0.2, 0.25) is 10.0 Å². The van der Waals surface area contributed by atoms with E-state index < -0.39 is 31.2 Å². The zero-order valence-electron chi connectivity index (χ0n) is 10.9. The molecule has 2 bridgehead atoms. The van der Waals surface area contributed by atoms with E-state index in [9.17, 15) is 16.8 Å². The van der Waals surface area contributed by atoms with Crippen molar-refractivity contribution in [2.24, 2.45) is 0 Å². The number of sulfonamides is 1. The molecule has 3 rings (SSSR count). The van der Waals surface area contributed by atoms with Gasteiger partial charge in [0.25, 0.3) is 0 Å². The van der Waals surface area contributed by atoms with Crippen molar-refractivity contribution >= 4 is 19.9 Å². The standard InChI is InChI=1S/C12H15NO5S2/c1-18-11-4-2-3-5-12(11)20(16,17)13-7-10-6-9(13)8-19(10,14)15/h2-5,9-10H,6-8H2,1H3. The summed E-state index contributed by atoms with van der Waals surface area (Å²) < 4.78 is 55.1. The predicted molar refractivity (Wildman–Crippen MR) is 72.9 cm³/mol. The summed E-state index contributed by atoms with van der Waals surface area (Å²) in [6.45, 7) is 0.0490. The summed E-state index contributed by atoms with van der Waals surface area (Å²) in [6.07, 6.45) is 0.400. The molecule has 1 aromatic rings. The summed E-state index contributed by atoms with van der Waals surface area (Å²) in [5.41, 5.74) is 0. The van der Waals surface area contributed by atoms with Gasteiger partial charge >= 0.3 is 0 Å². The first kappa shape index (κ1) is 13.8. The van der Waals surface area contributed by atoms with Crippen molar-refractivity contribution in [3.8, 4) is 5.75 Å². The number of rotatable bonds is 3. The monoisotopic (exact) mass is 317 g/mol. The fraction of sp³-hybridized carbons (Fsp3) is 0.500. The van der Waals surface area contributed by atoms with Crippen LogP contribution in [0.4, 0.5) is 0 Å². The van der Waals surface area contributed by atoms with Crippen LogP contribution in [-0.2, 0) is 19.9 Å². The van der Waals surface area contributed by atoms with Crippen molar-refractivity contribution in [1.82, 2.24) is 4.31 Å². The van der Waals surface area contributed by atoms with Crippen LogP contribution < -0.4 is 4.74 Å². The SMILES string of the molecule is COc1ccccc1S(=O)(=O)N1CC2CC1CS2(=O)=O. The van der Waals surface area contributed by atoms with Crippen LogP contribution in [0.15, 0.2) is 29.2 Å². The lowest BCUT2D eigenvalue weighted by Gasteiger charge is -2.26. The second kappa shape index (κ2) is 4.44. The molecule has 6 nitrogen and oxygen atoms in total. The van der Waals surface area contributed by atoms with Gasteiger partial charge in [-0.15, -0.1) is 0 Å². The van der Waals surface area contributed by atoms with Gasteiger partial charge in [-0.2, -0.15) is 4.31 Å². The Morgan fingerprint density at radius 2 is 2.00 bits per heavy atom. The van der Waals surface area contributed by atoms with Crippen molar-refractivity contribution in [2.45, 2.75) is 22.6 Å². The maximum absolute atomic E-state index is 12.7. The topological polar surface area (TPSA) is 80.8 Å². The zero-order chi connectivity index (χ0) is 14.5. The summed E-state index contributed by atoms with van der Waals surface area (Å²) >= 11 is 0. The van der Waals surface area contributed by atoms with Gasteiger partial charge in [0.05, 0.1) is 18.1 Å². The third-order valence-electron chi connectivity index (χ3n) is 3.91. The van der Waals surface area contributed by atoms with E-state index in [1.54, 1.807) is 18.2 Å². The van der Waals surface area contributed by atoms with E-state index in [-0.39, 0.29) is 22.9 Å². The van der Waals surface area contributed by atoms with Crippen LogP contribution in [0.2, 0.25) is 0 Å². The van der Waals surface area contributed by atoms with E-state index in [1.165, 1.54) is 17.5 Å². The van der Waals surface area contributed by atoms with Crippen molar-refractivity contribution < 1.29 is 21.6 Å². The first-order valence-corrected chi connectivity index (χ1v) is 9.38. The quantitative estimate of drug-likeness (QED) is 0.798. The normalized spacial score (nSPS) is 28.6. The number of hydrogen-bond acceptors (Lipinski definition) is 5. The molecule has 1 aromatic carbocycles. The highest BCUT2D eigenvalue weighted by molar-refractivity contribution is 7.93. The Bertz CT molecular complexity index is 741. The zero-order valence-corrected chi connectivity index (χ0v) is 12.5. The second-order valence-corrected chi connectivity index (χ2v) is 9.25. The minimum atomic E-state index is -3.72. The van der Waals surface area contributed by atoms with E-state index in [0.717, 1.165) is 0 Å². The molecule has 2 unspecified atom stereocenters. The van der Waals surface area contributed by atoms with Crippen LogP contribution in [-0.4, -0.2) is 51.8 Å². The molecule has 2 atom stereocenters. The second-order valence-electron chi connectivity index (χ2n) is 5.07. The molecular formula is C12H15NO5S2. The molecule has 2 fully saturated rings. The van der Waals surface area contributed by atoms with Crippen molar-refractivity contribution in [1.29, 1.82) is 0 Å². The molecule has 0 saturated carbocycles. The fourth-order valence-corrected chi connectivity index (χ4v) is 6.97. The van der Waals surface area contributed by atoms with Gasteiger partial charge in [0, 0.05) is 12.6 Å². The molecule has 2 aliphatic rings. The van der Waals surface area contributed by atoms with Crippen LogP contribution in [0.1, 0.15) is 6.42 Å². The molecular weight excluding hydrogens is 302 g/mol. The van der Waals surface area contributed by atoms with E-state index in [4.69, 9.17) is 4.74 Å². The largest absolute Gasteiger partial charge is 0.495 e. The van der Waals surface area contributed by atoms with Crippen molar-refractivity contribution in [3.63, 3.8) is 0 Å². The first-order valence-electron chi connectivity index (χ1n) is 6.22. The minimum absolute atomic E-state index is 0.0490. The van der Waals surface area contributed by atoms with Gasteiger partial charge in [-0.25, -0.2) is 16.8 Å². The Hall–Kier alpha value is -1.12. The number of nitrogens with zero attached hydrogens (tertiary/aromatic N) is 1. The Balaban J connectivity index is 1.99. The van der Waals surface area contributed by atoms with Gasteiger partial charge in [0.1, 0.15) is 10.6 Å². The minimum Gasteiger partial charge on any atom is -0.495 e. The average Bonchev–Trinajstić information content (AvgIpc) is 2.94. The Kier molecular flexibility index (Phi) is 3.07.